The van der Waals surface area contributed by atoms with Crippen molar-refractivity contribution in [3.05, 3.63) is 125 Å². The number of carbonyl (C=O) groups excluding carboxylic acids is 3. The van der Waals surface area contributed by atoms with Gasteiger partial charge in [-0.1, -0.05) is 79.2 Å². The van der Waals surface area contributed by atoms with Crippen molar-refractivity contribution in [3.8, 4) is 0 Å². The fraction of sp³-hybridized carbons (Fsp3) is 0.400. The molecule has 3 amide bonds. The third-order valence-electron chi connectivity index (χ3n) is 12.8. The van der Waals surface area contributed by atoms with Gasteiger partial charge in [-0.25, -0.2) is 0 Å². The van der Waals surface area contributed by atoms with Gasteiger partial charge in [0.05, 0.1) is 38.0 Å². The Morgan fingerprint density at radius 3 is 2.26 bits per heavy atom. The van der Waals surface area contributed by atoms with Gasteiger partial charge in [-0.15, -0.1) is 0 Å². The first-order chi connectivity index (χ1) is 27.9. The summed E-state index contributed by atoms with van der Waals surface area (Å²) in [6.45, 7) is 7.42. The molecule has 58 heavy (non-hydrogen) atoms. The number of piperidine rings is 1. The minimum absolute atomic E-state index is 0.0851. The Kier molecular flexibility index (Phi) is 11.0. The van der Waals surface area contributed by atoms with E-state index in [-0.39, 0.29) is 50.4 Å². The summed E-state index contributed by atoms with van der Waals surface area (Å²) >= 11 is 6.61. The number of benzene rings is 4. The van der Waals surface area contributed by atoms with Gasteiger partial charge in [0.15, 0.2) is 5.60 Å². The molecule has 2 spiro atoms. The smallest absolute Gasteiger partial charge is 0.264 e. The number of hydrogen-bond acceptors (Lipinski definition) is 7. The highest BCUT2D eigenvalue weighted by atomic mass is 35.5. The van der Waals surface area contributed by atoms with E-state index in [1.165, 1.54) is 0 Å². The van der Waals surface area contributed by atoms with Crippen molar-refractivity contribution >= 4 is 54.8 Å². The van der Waals surface area contributed by atoms with Crippen LogP contribution < -0.4 is 20.0 Å². The quantitative estimate of drug-likeness (QED) is 0.124. The van der Waals surface area contributed by atoms with E-state index in [1.807, 2.05) is 90.7 Å². The number of hydrogen-bond donors (Lipinski definition) is 2. The molecule has 3 fully saturated rings. The van der Waals surface area contributed by atoms with Crippen molar-refractivity contribution in [3.63, 3.8) is 0 Å². The van der Waals surface area contributed by atoms with E-state index >= 15 is 8.90 Å². The molecular weight excluding hydrogens is 773 g/mol. The van der Waals surface area contributed by atoms with Crippen LogP contribution in [0, 0.1) is 5.92 Å². The predicted molar refractivity (Wildman–Crippen MR) is 227 cm³/mol. The lowest BCUT2D eigenvalue weighted by Crippen LogP contribution is -2.55. The number of amides is 3. The zero-order valence-corrected chi connectivity index (χ0v) is 35.0. The van der Waals surface area contributed by atoms with Crippen molar-refractivity contribution in [1.29, 1.82) is 0 Å². The van der Waals surface area contributed by atoms with Crippen molar-refractivity contribution < 1.29 is 28.3 Å². The molecule has 0 aromatic heterocycles. The van der Waals surface area contributed by atoms with Crippen molar-refractivity contribution in [2.75, 3.05) is 47.6 Å². The molecule has 10 nitrogen and oxygen atoms in total. The van der Waals surface area contributed by atoms with Gasteiger partial charge in [0.25, 0.3) is 11.8 Å². The second kappa shape index (κ2) is 15.9. The monoisotopic (exact) mass is 823 g/mol. The maximum absolute atomic E-state index is 16.5. The van der Waals surface area contributed by atoms with E-state index in [2.05, 4.69) is 22.3 Å². The molecule has 4 aliphatic rings. The van der Waals surface area contributed by atoms with Crippen molar-refractivity contribution in [2.24, 2.45) is 5.92 Å². The molecule has 8 rings (SSSR count). The summed E-state index contributed by atoms with van der Waals surface area (Å²) in [6.07, 6.45) is 0.413. The molecule has 0 saturated carbocycles. The summed E-state index contributed by atoms with van der Waals surface area (Å²) < 4.78 is 23.4. The highest BCUT2D eigenvalue weighted by Crippen LogP contribution is 2.60. The van der Waals surface area contributed by atoms with E-state index in [0.29, 0.717) is 35.8 Å². The predicted octanol–water partition coefficient (Wildman–Crippen LogP) is 7.01. The lowest BCUT2D eigenvalue weighted by molar-refractivity contribution is -0.150. The van der Waals surface area contributed by atoms with Crippen molar-refractivity contribution in [2.45, 2.75) is 75.2 Å². The highest BCUT2D eigenvalue weighted by Gasteiger charge is 2.67. The largest absolute Gasteiger partial charge is 0.395 e. The Morgan fingerprint density at radius 2 is 1.60 bits per heavy atom. The number of rotatable bonds is 11. The summed E-state index contributed by atoms with van der Waals surface area (Å²) in [7, 11) is -3.55. The Bertz CT molecular complexity index is 2150. The zero-order valence-electron chi connectivity index (χ0n) is 33.2. The SMILES string of the molecule is C[C@@H]1[C@@H]([Si](C)(C)F)[C@H](CC(=O)N(CCO)Cc2ccccc2)O[C@@]12C(=O)N(Cc1ccc(N3CN(c4ccccc4)C4(CCNCC4)C3=O)cc1)c1ccc(Cl)cc12. The molecule has 4 heterocycles. The molecule has 0 bridgehead atoms. The fourth-order valence-electron chi connectivity index (χ4n) is 10.0. The Labute approximate surface area is 345 Å². The second-order valence-electron chi connectivity index (χ2n) is 16.6. The van der Waals surface area contributed by atoms with Crippen LogP contribution in [0.5, 0.6) is 0 Å². The normalized spacial score (nSPS) is 24.0. The first-order valence-electron chi connectivity index (χ1n) is 20.2. The molecule has 0 aliphatic carbocycles. The first-order valence-corrected chi connectivity index (χ1v) is 23.6. The summed E-state index contributed by atoms with van der Waals surface area (Å²) in [5.41, 5.74) is 1.87. The van der Waals surface area contributed by atoms with Crippen LogP contribution in [0.3, 0.4) is 0 Å². The molecule has 13 heteroatoms. The summed E-state index contributed by atoms with van der Waals surface area (Å²) in [5.74, 6) is -1.12. The summed E-state index contributed by atoms with van der Waals surface area (Å²) in [6, 6.07) is 32.6. The van der Waals surface area contributed by atoms with Gasteiger partial charge in [0.2, 0.25) is 14.3 Å². The van der Waals surface area contributed by atoms with Crippen LogP contribution in [0.25, 0.3) is 0 Å². The number of para-hydroxylation sites is 1. The molecule has 2 N–H and O–H groups in total. The number of fused-ring (bicyclic) bond motifs is 2. The lowest BCUT2D eigenvalue weighted by atomic mass is 9.82. The molecular formula is C45H51ClFN5O5Si. The Hall–Kier alpha value is -4.59. The standard InChI is InChI=1S/C45H51ClFN5O5Si/c1-31-41(58(2,3)47)39(27-40(54)49(24-25-53)28-32-10-6-4-7-11-32)57-45(31)37-26-34(46)16-19-38(37)50(43(45)56)29-33-14-17-35(18-15-33)51-30-52(36-12-8-5-9-13-36)44(42(51)55)20-22-48-23-21-44/h4-19,26,31,39,41,48,53H,20-25,27-30H2,1-3H3/t31-,39+,41-,45+/m1/s1. The van der Waals surface area contributed by atoms with Gasteiger partial charge in [0, 0.05) is 46.5 Å². The number of nitrogens with zero attached hydrogens (tertiary/aromatic N) is 4. The first kappa shape index (κ1) is 40.2. The zero-order chi connectivity index (χ0) is 40.8. The molecule has 4 aliphatic heterocycles. The van der Waals surface area contributed by atoms with Gasteiger partial charge in [-0.05, 0) is 92.6 Å². The van der Waals surface area contributed by atoms with Crippen molar-refractivity contribution in [1.82, 2.24) is 10.2 Å². The number of aliphatic hydroxyl groups excluding tert-OH is 1. The van der Waals surface area contributed by atoms with Crippen LogP contribution in [-0.4, -0.2) is 80.7 Å². The number of carbonyl (C=O) groups is 3. The Morgan fingerprint density at radius 1 is 0.931 bits per heavy atom. The second-order valence-corrected chi connectivity index (χ2v) is 20.9. The number of anilines is 3. The number of ether oxygens (including phenoxy) is 1. The van der Waals surface area contributed by atoms with Gasteiger partial charge in [0.1, 0.15) is 5.54 Å². The van der Waals surface area contributed by atoms with Gasteiger partial charge < -0.3 is 34.0 Å². The maximum atomic E-state index is 16.5. The van der Waals surface area contributed by atoms with Gasteiger partial charge in [-0.2, -0.15) is 0 Å². The molecule has 0 radical (unpaired) electrons. The lowest BCUT2D eigenvalue weighted by Gasteiger charge is -2.39. The molecule has 4 aromatic rings. The van der Waals surface area contributed by atoms with Crippen LogP contribution in [0.4, 0.5) is 21.2 Å². The molecule has 304 valence electrons. The van der Waals surface area contributed by atoms with E-state index in [9.17, 15) is 14.7 Å². The van der Waals surface area contributed by atoms with Gasteiger partial charge in [-0.3, -0.25) is 19.3 Å². The minimum Gasteiger partial charge on any atom is -0.395 e. The number of halogens is 2. The maximum Gasteiger partial charge on any atom is 0.264 e. The summed E-state index contributed by atoms with van der Waals surface area (Å²) in [4.78, 5) is 50.6. The van der Waals surface area contributed by atoms with Crippen LogP contribution in [0.2, 0.25) is 23.7 Å². The van der Waals surface area contributed by atoms with E-state index < -0.39 is 37.1 Å². The highest BCUT2D eigenvalue weighted by molar-refractivity contribution is 6.72. The van der Waals surface area contributed by atoms with E-state index in [1.54, 1.807) is 35.0 Å². The molecule has 0 unspecified atom stereocenters. The minimum atomic E-state index is -3.55. The number of aliphatic hydroxyl groups is 1. The van der Waals surface area contributed by atoms with Crippen LogP contribution >= 0.6 is 11.6 Å². The van der Waals surface area contributed by atoms with Gasteiger partial charge >= 0.3 is 0 Å². The molecule has 4 aromatic carbocycles. The van der Waals surface area contributed by atoms with Crippen LogP contribution in [-0.2, 0) is 37.8 Å². The third-order valence-corrected chi connectivity index (χ3v) is 15.5. The molecule has 4 atom stereocenters. The van der Waals surface area contributed by atoms with E-state index in [0.717, 1.165) is 35.6 Å². The summed E-state index contributed by atoms with van der Waals surface area (Å²) in [5, 5.41) is 13.7. The van der Waals surface area contributed by atoms with E-state index in [4.69, 9.17) is 16.3 Å². The van der Waals surface area contributed by atoms with Crippen LogP contribution in [0.15, 0.2) is 103 Å². The number of nitrogens with one attached hydrogen (secondary N) is 1. The van der Waals surface area contributed by atoms with Crippen LogP contribution in [0.1, 0.15) is 42.9 Å². The third kappa shape index (κ3) is 7.02. The fourth-order valence-corrected chi connectivity index (χ4v) is 12.7. The topological polar surface area (TPSA) is 106 Å². The Balaban J connectivity index is 1.06. The average molecular weight is 824 g/mol. The average Bonchev–Trinajstić information content (AvgIpc) is 3.76. The molecule has 3 saturated heterocycles.